The van der Waals surface area contributed by atoms with Gasteiger partial charge < -0.3 is 19.9 Å². The van der Waals surface area contributed by atoms with Gasteiger partial charge in [-0.2, -0.15) is 0 Å². The molecular weight excluding hydrogens is 426 g/mol. The molecule has 1 aromatic heterocycles. The van der Waals surface area contributed by atoms with E-state index in [-0.39, 0.29) is 0 Å². The third kappa shape index (κ3) is 5.10. The number of carbonyl (C=O) groups excluding carboxylic acids is 1. The van der Waals surface area contributed by atoms with Gasteiger partial charge in [-0.1, -0.05) is 6.07 Å². The molecule has 2 aliphatic heterocycles. The van der Waals surface area contributed by atoms with Crippen LogP contribution < -0.4 is 10.5 Å². The number of imidazole rings is 1. The predicted molar refractivity (Wildman–Crippen MR) is 135 cm³/mol. The van der Waals surface area contributed by atoms with Crippen LogP contribution in [-0.4, -0.2) is 71.1 Å². The lowest BCUT2D eigenvalue weighted by atomic mass is 10.2. The molecule has 1 amide bonds. The van der Waals surface area contributed by atoms with Crippen molar-refractivity contribution in [3.05, 3.63) is 48.0 Å². The Morgan fingerprint density at radius 2 is 1.56 bits per heavy atom. The highest BCUT2D eigenvalue weighted by Gasteiger charge is 2.18. The van der Waals surface area contributed by atoms with Crippen LogP contribution in [0.3, 0.4) is 0 Å². The first-order valence-electron chi connectivity index (χ1n) is 12.7. The van der Waals surface area contributed by atoms with Gasteiger partial charge in [0.05, 0.1) is 11.1 Å². The van der Waals surface area contributed by atoms with Crippen molar-refractivity contribution in [1.29, 1.82) is 0 Å². The lowest BCUT2D eigenvalue weighted by Crippen LogP contribution is -2.25. The summed E-state index contributed by atoms with van der Waals surface area (Å²) >= 11 is 0. The number of nitrogens with zero attached hydrogens (tertiary/aromatic N) is 4. The monoisotopic (exact) mass is 461 g/mol. The minimum absolute atomic E-state index is 0.444. The van der Waals surface area contributed by atoms with Gasteiger partial charge in [0.15, 0.2) is 0 Å². The smallest absolute Gasteiger partial charge is 0.250 e. The van der Waals surface area contributed by atoms with Crippen LogP contribution in [0.1, 0.15) is 42.5 Å². The summed E-state index contributed by atoms with van der Waals surface area (Å²) in [6.07, 6.45) is 6.23. The summed E-state index contributed by atoms with van der Waals surface area (Å²) in [5, 5.41) is 0. The summed E-state index contributed by atoms with van der Waals surface area (Å²) in [5.74, 6) is 1.30. The van der Waals surface area contributed by atoms with Crippen LogP contribution >= 0.6 is 0 Å². The fourth-order valence-corrected chi connectivity index (χ4v) is 5.25. The summed E-state index contributed by atoms with van der Waals surface area (Å²) in [7, 11) is 0. The number of carbonyl (C=O) groups is 1. The molecule has 2 N–H and O–H groups in total. The summed E-state index contributed by atoms with van der Waals surface area (Å²) in [6.45, 7) is 8.37. The van der Waals surface area contributed by atoms with Crippen molar-refractivity contribution >= 4 is 16.9 Å². The predicted octanol–water partition coefficient (Wildman–Crippen LogP) is 3.76. The van der Waals surface area contributed by atoms with Crippen LogP contribution in [0.4, 0.5) is 0 Å². The highest BCUT2D eigenvalue weighted by atomic mass is 16.5. The number of benzene rings is 2. The second-order valence-corrected chi connectivity index (χ2v) is 9.45. The lowest BCUT2D eigenvalue weighted by molar-refractivity contribution is 0.100. The van der Waals surface area contributed by atoms with Crippen LogP contribution in [0, 0.1) is 0 Å². The number of aromatic nitrogens is 2. The molecule has 0 aliphatic carbocycles. The number of nitrogens with two attached hydrogens (primary N) is 1. The molecular formula is C27H35N5O2. The maximum atomic E-state index is 12.0. The SMILES string of the molecule is NC(=O)c1cccc2c1nc(-c1ccc(OCCN3CCCC3)cc1)n2CCCN1CCCC1. The Morgan fingerprint density at radius 3 is 2.24 bits per heavy atom. The third-order valence-corrected chi connectivity index (χ3v) is 7.09. The molecule has 7 nitrogen and oxygen atoms in total. The summed E-state index contributed by atoms with van der Waals surface area (Å²) in [4.78, 5) is 21.9. The van der Waals surface area contributed by atoms with E-state index in [0.29, 0.717) is 17.7 Å². The van der Waals surface area contributed by atoms with E-state index in [9.17, 15) is 4.79 Å². The molecule has 0 bridgehead atoms. The van der Waals surface area contributed by atoms with Gasteiger partial charge in [-0.25, -0.2) is 4.98 Å². The van der Waals surface area contributed by atoms with Gasteiger partial charge in [0.1, 0.15) is 23.7 Å². The number of amides is 1. The zero-order valence-corrected chi connectivity index (χ0v) is 19.9. The van der Waals surface area contributed by atoms with Crippen LogP contribution in [0.15, 0.2) is 42.5 Å². The number of hydrogen-bond donors (Lipinski definition) is 1. The number of aryl methyl sites for hydroxylation is 1. The average Bonchev–Trinajstić information content (AvgIpc) is 3.61. The van der Waals surface area contributed by atoms with E-state index in [1.54, 1.807) is 6.07 Å². The van der Waals surface area contributed by atoms with E-state index >= 15 is 0 Å². The molecule has 34 heavy (non-hydrogen) atoms. The van der Waals surface area contributed by atoms with E-state index in [4.69, 9.17) is 15.5 Å². The Hall–Kier alpha value is -2.90. The molecule has 3 aromatic rings. The Balaban J connectivity index is 1.35. The van der Waals surface area contributed by atoms with E-state index in [2.05, 4.69) is 26.5 Å². The molecule has 5 rings (SSSR count). The van der Waals surface area contributed by atoms with Gasteiger partial charge in [0.25, 0.3) is 5.91 Å². The molecule has 0 spiro atoms. The van der Waals surface area contributed by atoms with E-state index < -0.39 is 5.91 Å². The van der Waals surface area contributed by atoms with Gasteiger partial charge in [0, 0.05) is 18.7 Å². The molecule has 0 radical (unpaired) electrons. The number of likely N-dealkylation sites (tertiary alicyclic amines) is 2. The molecule has 2 aromatic carbocycles. The van der Waals surface area contributed by atoms with Gasteiger partial charge >= 0.3 is 0 Å². The molecule has 3 heterocycles. The van der Waals surface area contributed by atoms with Gasteiger partial charge in [-0.05, 0) is 101 Å². The molecule has 180 valence electrons. The van der Waals surface area contributed by atoms with Gasteiger partial charge in [-0.15, -0.1) is 0 Å². The molecule has 2 fully saturated rings. The first-order chi connectivity index (χ1) is 16.7. The maximum absolute atomic E-state index is 12.0. The first kappa shape index (κ1) is 22.9. The second-order valence-electron chi connectivity index (χ2n) is 9.45. The molecule has 0 unspecified atom stereocenters. The molecule has 0 atom stereocenters. The van der Waals surface area contributed by atoms with E-state index in [1.165, 1.54) is 51.9 Å². The molecule has 0 saturated carbocycles. The third-order valence-electron chi connectivity index (χ3n) is 7.09. The van der Waals surface area contributed by atoms with Crippen LogP contribution in [-0.2, 0) is 6.54 Å². The number of rotatable bonds is 10. The maximum Gasteiger partial charge on any atom is 0.250 e. The quantitative estimate of drug-likeness (QED) is 0.497. The number of primary amides is 1. The van der Waals surface area contributed by atoms with Crippen molar-refractivity contribution in [3.63, 3.8) is 0 Å². The fraction of sp³-hybridized carbons (Fsp3) is 0.481. The normalized spacial score (nSPS) is 17.1. The van der Waals surface area contributed by atoms with E-state index in [0.717, 1.165) is 48.7 Å². The van der Waals surface area contributed by atoms with Crippen molar-refractivity contribution in [2.45, 2.75) is 38.6 Å². The Labute approximate surface area is 201 Å². The van der Waals surface area contributed by atoms with Crippen molar-refractivity contribution < 1.29 is 9.53 Å². The topological polar surface area (TPSA) is 76.6 Å². The lowest BCUT2D eigenvalue weighted by Gasteiger charge is -2.16. The number of hydrogen-bond acceptors (Lipinski definition) is 5. The Morgan fingerprint density at radius 1 is 0.882 bits per heavy atom. The average molecular weight is 462 g/mol. The minimum Gasteiger partial charge on any atom is -0.492 e. The number of para-hydroxylation sites is 1. The highest BCUT2D eigenvalue weighted by Crippen LogP contribution is 2.29. The minimum atomic E-state index is -0.444. The largest absolute Gasteiger partial charge is 0.492 e. The standard InChI is InChI=1S/C27H35N5O2/c28-26(33)23-7-5-8-24-25(23)29-27(32(24)18-6-17-30-13-1-2-14-30)21-9-11-22(12-10-21)34-20-19-31-15-3-4-16-31/h5,7-12H,1-4,6,13-20H2,(H2,28,33). The van der Waals surface area contributed by atoms with Crippen LogP contribution in [0.25, 0.3) is 22.4 Å². The summed E-state index contributed by atoms with van der Waals surface area (Å²) in [5.41, 5.74) is 8.78. The van der Waals surface area contributed by atoms with Gasteiger partial charge in [0.2, 0.25) is 0 Å². The highest BCUT2D eigenvalue weighted by molar-refractivity contribution is 6.04. The van der Waals surface area contributed by atoms with Crippen molar-refractivity contribution in [3.8, 4) is 17.1 Å². The Bertz CT molecular complexity index is 1110. The molecule has 2 saturated heterocycles. The number of fused-ring (bicyclic) bond motifs is 1. The van der Waals surface area contributed by atoms with Gasteiger partial charge in [-0.3, -0.25) is 9.69 Å². The van der Waals surface area contributed by atoms with Crippen molar-refractivity contribution in [1.82, 2.24) is 19.4 Å². The van der Waals surface area contributed by atoms with Crippen LogP contribution in [0.5, 0.6) is 5.75 Å². The van der Waals surface area contributed by atoms with E-state index in [1.807, 2.05) is 24.3 Å². The van der Waals surface area contributed by atoms with Crippen molar-refractivity contribution in [2.75, 3.05) is 45.9 Å². The number of ether oxygens (including phenoxy) is 1. The summed E-state index contributed by atoms with van der Waals surface area (Å²) < 4.78 is 8.22. The zero-order chi connectivity index (χ0) is 23.3. The van der Waals surface area contributed by atoms with Crippen LogP contribution in [0.2, 0.25) is 0 Å². The Kier molecular flexibility index (Phi) is 7.11. The fourth-order valence-electron chi connectivity index (χ4n) is 5.25. The van der Waals surface area contributed by atoms with Crippen molar-refractivity contribution in [2.24, 2.45) is 5.73 Å². The first-order valence-corrected chi connectivity index (χ1v) is 12.7. The summed E-state index contributed by atoms with van der Waals surface area (Å²) in [6, 6.07) is 13.8. The molecule has 7 heteroatoms. The zero-order valence-electron chi connectivity index (χ0n) is 19.9. The second kappa shape index (κ2) is 10.6. The molecule has 2 aliphatic rings.